The van der Waals surface area contributed by atoms with Gasteiger partial charge in [0.15, 0.2) is 17.7 Å². The lowest BCUT2D eigenvalue weighted by Crippen LogP contribution is -2.32. The quantitative estimate of drug-likeness (QED) is 0.414. The van der Waals surface area contributed by atoms with Crippen molar-refractivity contribution < 1.29 is 9.47 Å². The van der Waals surface area contributed by atoms with E-state index < -0.39 is 6.04 Å². The van der Waals surface area contributed by atoms with Crippen molar-refractivity contribution in [3.63, 3.8) is 0 Å². The zero-order valence-electron chi connectivity index (χ0n) is 16.3. The summed E-state index contributed by atoms with van der Waals surface area (Å²) in [6.45, 7) is 2.49. The molecule has 154 valence electrons. The average molecular weight is 427 g/mol. The molecule has 10 nitrogen and oxygen atoms in total. The highest BCUT2D eigenvalue weighted by molar-refractivity contribution is 6.31. The van der Waals surface area contributed by atoms with Gasteiger partial charge in [0, 0.05) is 17.2 Å². The summed E-state index contributed by atoms with van der Waals surface area (Å²) in [4.78, 5) is 8.72. The van der Waals surface area contributed by atoms with E-state index in [1.165, 1.54) is 7.11 Å². The number of hydrogen-bond donors (Lipinski definition) is 4. The van der Waals surface area contributed by atoms with Crippen LogP contribution in [0.4, 0.5) is 17.3 Å². The molecule has 0 radical (unpaired) electrons. The predicted octanol–water partition coefficient (Wildman–Crippen LogP) is 2.51. The van der Waals surface area contributed by atoms with Gasteiger partial charge in [-0.25, -0.2) is 9.98 Å². The molecule has 1 aliphatic heterocycles. The molecular weight excluding hydrogens is 408 g/mol. The lowest BCUT2D eigenvalue weighted by atomic mass is 9.94. The third-order valence-corrected chi connectivity index (χ3v) is 4.72. The largest absolute Gasteiger partial charge is 0.493 e. The normalized spacial score (nSPS) is 14.4. The van der Waals surface area contributed by atoms with Gasteiger partial charge in [0.1, 0.15) is 29.3 Å². The Kier molecular flexibility index (Phi) is 6.00. The number of nitrogens with zero attached hydrogens (tertiary/aromatic N) is 4. The van der Waals surface area contributed by atoms with E-state index in [2.05, 4.69) is 20.6 Å². The molecule has 2 heterocycles. The number of fused-ring (bicyclic) bond motifs is 1. The number of hydrogen-bond acceptors (Lipinski definition) is 10. The predicted molar refractivity (Wildman–Crippen MR) is 113 cm³/mol. The first-order valence-electron chi connectivity index (χ1n) is 8.94. The zero-order chi connectivity index (χ0) is 21.8. The topological polar surface area (TPSA) is 167 Å². The first kappa shape index (κ1) is 20.8. The van der Waals surface area contributed by atoms with Crippen molar-refractivity contribution in [3.05, 3.63) is 33.8 Å². The number of nitrogens with two attached hydrogens (primary N) is 2. The van der Waals surface area contributed by atoms with E-state index in [1.54, 1.807) is 18.3 Å². The van der Waals surface area contributed by atoms with Crippen LogP contribution in [-0.4, -0.2) is 24.7 Å². The van der Waals surface area contributed by atoms with E-state index in [0.29, 0.717) is 34.3 Å². The van der Waals surface area contributed by atoms with Gasteiger partial charge in [0.05, 0.1) is 24.4 Å². The van der Waals surface area contributed by atoms with Gasteiger partial charge in [-0.1, -0.05) is 18.5 Å². The first-order chi connectivity index (χ1) is 14.4. The number of guanidine groups is 1. The van der Waals surface area contributed by atoms with Gasteiger partial charge < -0.3 is 26.3 Å². The maximum Gasteiger partial charge on any atom is 0.211 e. The maximum absolute atomic E-state index is 9.43. The van der Waals surface area contributed by atoms with Crippen LogP contribution in [0.5, 0.6) is 11.5 Å². The Morgan fingerprint density at radius 3 is 2.70 bits per heavy atom. The summed E-state index contributed by atoms with van der Waals surface area (Å²) in [5.74, 6) is 1.30. The second-order valence-corrected chi connectivity index (χ2v) is 6.68. The summed E-state index contributed by atoms with van der Waals surface area (Å²) in [6.07, 6.45) is 2.62. The number of anilines is 3. The van der Waals surface area contributed by atoms with Crippen molar-refractivity contribution in [2.24, 2.45) is 4.99 Å². The second kappa shape index (κ2) is 8.64. The van der Waals surface area contributed by atoms with Crippen molar-refractivity contribution >= 4 is 34.9 Å². The summed E-state index contributed by atoms with van der Waals surface area (Å²) < 4.78 is 11.1. The van der Waals surface area contributed by atoms with Crippen LogP contribution >= 0.6 is 11.6 Å². The van der Waals surface area contributed by atoms with E-state index in [0.717, 1.165) is 6.42 Å². The Hall–Kier alpha value is -3.89. The number of nitrogen functional groups attached to an aromatic ring is 2. The van der Waals surface area contributed by atoms with Crippen LogP contribution < -0.4 is 31.6 Å². The van der Waals surface area contributed by atoms with Gasteiger partial charge in [0.2, 0.25) is 5.96 Å². The molecule has 0 bridgehead atoms. The summed E-state index contributed by atoms with van der Waals surface area (Å²) in [7, 11) is 1.51. The number of methoxy groups -OCH3 is 1. The minimum Gasteiger partial charge on any atom is -0.493 e. The summed E-state index contributed by atoms with van der Waals surface area (Å²) in [6, 6.07) is 4.49. The van der Waals surface area contributed by atoms with E-state index in [1.807, 2.05) is 13.0 Å². The van der Waals surface area contributed by atoms with Crippen LogP contribution in [0, 0.1) is 22.8 Å². The van der Waals surface area contributed by atoms with Crippen LogP contribution in [-0.2, 0) is 0 Å². The Balaban J connectivity index is 2.23. The van der Waals surface area contributed by atoms with E-state index in [-0.39, 0.29) is 28.8 Å². The van der Waals surface area contributed by atoms with Crippen molar-refractivity contribution in [1.29, 1.82) is 10.5 Å². The van der Waals surface area contributed by atoms with Crippen LogP contribution in [0.1, 0.15) is 36.1 Å². The lowest BCUT2D eigenvalue weighted by molar-refractivity contribution is 0.294. The fourth-order valence-electron chi connectivity index (χ4n) is 3.05. The Morgan fingerprint density at radius 2 is 2.07 bits per heavy atom. The number of aromatic nitrogens is 1. The van der Waals surface area contributed by atoms with Crippen molar-refractivity contribution in [1.82, 2.24) is 10.3 Å². The third-order valence-electron chi connectivity index (χ3n) is 4.40. The van der Waals surface area contributed by atoms with Gasteiger partial charge in [0.25, 0.3) is 0 Å². The molecule has 1 aromatic carbocycles. The summed E-state index contributed by atoms with van der Waals surface area (Å²) in [5.41, 5.74) is 13.2. The van der Waals surface area contributed by atoms with Gasteiger partial charge in [-0.05, 0) is 12.5 Å². The monoisotopic (exact) mass is 426 g/mol. The minimum atomic E-state index is -0.779. The lowest BCUT2D eigenvalue weighted by Gasteiger charge is -2.27. The minimum absolute atomic E-state index is 0.0369. The number of halogens is 1. The van der Waals surface area contributed by atoms with Crippen molar-refractivity contribution in [2.45, 2.75) is 19.4 Å². The third kappa shape index (κ3) is 3.69. The van der Waals surface area contributed by atoms with E-state index >= 15 is 0 Å². The van der Waals surface area contributed by atoms with Crippen LogP contribution in [0.3, 0.4) is 0 Å². The standard InChI is InChI=1S/C19H19ClN8O2/c1-3-4-30-13-6-11(20)9(5-12(13)29-2)16-14-15(23)10(7-21)17(24)27-18(14)28-19(26-16)25-8-22/h5-6,16H,3-4H2,1-2H3,(H6,23,24,25,26,27,28). The summed E-state index contributed by atoms with van der Waals surface area (Å²) in [5, 5.41) is 24.1. The molecular formula is C19H19ClN8O2. The Labute approximate surface area is 178 Å². The number of nitrogens with one attached hydrogen (secondary N) is 2. The molecule has 30 heavy (non-hydrogen) atoms. The van der Waals surface area contributed by atoms with Gasteiger partial charge in [-0.15, -0.1) is 0 Å². The van der Waals surface area contributed by atoms with Crippen molar-refractivity contribution in [2.75, 3.05) is 30.5 Å². The maximum atomic E-state index is 9.43. The van der Waals surface area contributed by atoms with Gasteiger partial charge in [-0.3, -0.25) is 5.32 Å². The smallest absolute Gasteiger partial charge is 0.211 e. The molecule has 11 heteroatoms. The van der Waals surface area contributed by atoms with E-state index in [4.69, 9.17) is 37.8 Å². The fraction of sp³-hybridized carbons (Fsp3) is 0.263. The SMILES string of the molecule is CCCOc1cc(Cl)c(C2N=C(NC#N)Nc3nc(N)c(C#N)c(N)c32)cc1OC. The number of nitriles is 2. The number of rotatable bonds is 5. The molecule has 0 saturated carbocycles. The number of ether oxygens (including phenoxy) is 2. The number of benzene rings is 1. The molecule has 0 spiro atoms. The van der Waals surface area contributed by atoms with E-state index in [9.17, 15) is 5.26 Å². The average Bonchev–Trinajstić information content (AvgIpc) is 2.72. The molecule has 2 aromatic rings. The second-order valence-electron chi connectivity index (χ2n) is 6.27. The summed E-state index contributed by atoms with van der Waals surface area (Å²) >= 11 is 6.56. The van der Waals surface area contributed by atoms with Gasteiger partial charge >= 0.3 is 0 Å². The molecule has 0 aliphatic carbocycles. The highest BCUT2D eigenvalue weighted by atomic mass is 35.5. The molecule has 1 aromatic heterocycles. The molecule has 0 saturated heterocycles. The Bertz CT molecular complexity index is 1100. The highest BCUT2D eigenvalue weighted by Gasteiger charge is 2.31. The van der Waals surface area contributed by atoms with Crippen LogP contribution in [0.25, 0.3) is 0 Å². The highest BCUT2D eigenvalue weighted by Crippen LogP contribution is 2.45. The number of aliphatic imine (C=N–C) groups is 1. The molecule has 6 N–H and O–H groups in total. The molecule has 1 unspecified atom stereocenters. The van der Waals surface area contributed by atoms with Gasteiger partial charge in [-0.2, -0.15) is 10.5 Å². The number of pyridine rings is 1. The molecule has 0 amide bonds. The molecule has 0 fully saturated rings. The molecule has 3 rings (SSSR count). The zero-order valence-corrected chi connectivity index (χ0v) is 17.0. The Morgan fingerprint density at radius 1 is 1.30 bits per heavy atom. The fourth-order valence-corrected chi connectivity index (χ4v) is 3.31. The van der Waals surface area contributed by atoms with Crippen LogP contribution in [0.15, 0.2) is 17.1 Å². The van der Waals surface area contributed by atoms with Crippen LogP contribution in [0.2, 0.25) is 5.02 Å². The first-order valence-corrected chi connectivity index (χ1v) is 9.31. The molecule has 1 atom stereocenters. The van der Waals surface area contributed by atoms with Crippen molar-refractivity contribution in [3.8, 4) is 23.8 Å². The molecule has 1 aliphatic rings.